The third-order valence-electron chi connectivity index (χ3n) is 16.7. The summed E-state index contributed by atoms with van der Waals surface area (Å²) < 4.78 is 14.2. The Kier molecular flexibility index (Phi) is 15.8. The molecule has 0 saturated heterocycles. The van der Waals surface area contributed by atoms with Crippen molar-refractivity contribution < 1.29 is 29.0 Å². The number of esters is 1. The van der Waals surface area contributed by atoms with E-state index in [1.165, 1.54) is 36.7 Å². The van der Waals surface area contributed by atoms with Crippen molar-refractivity contribution >= 4 is 18.5 Å². The van der Waals surface area contributed by atoms with Crippen molar-refractivity contribution in [2.24, 2.45) is 58.2 Å². The van der Waals surface area contributed by atoms with Gasteiger partial charge in [0, 0.05) is 38.1 Å². The number of allylic oxidation sites excluding steroid dienone is 2. The summed E-state index contributed by atoms with van der Waals surface area (Å²) in [5.74, 6) is 4.27. The van der Waals surface area contributed by atoms with Gasteiger partial charge in [-0.3, -0.25) is 4.79 Å². The maximum absolute atomic E-state index is 13.2. The second-order valence-corrected chi connectivity index (χ2v) is 19.8. The van der Waals surface area contributed by atoms with E-state index in [-0.39, 0.29) is 40.7 Å². The zero-order chi connectivity index (χ0) is 44.2. The molecule has 11 atom stereocenters. The summed E-state index contributed by atoms with van der Waals surface area (Å²) in [7, 11) is 6.95. The Morgan fingerprint density at radius 1 is 0.983 bits per heavy atom. The number of aliphatic hydroxyl groups excluding tert-OH is 1. The number of hydrogen-bond donors (Lipinski definition) is 1. The highest BCUT2D eigenvalue weighted by molar-refractivity contribution is 5.76. The van der Waals surface area contributed by atoms with Crippen LogP contribution in [0.4, 0.5) is 0 Å². The first-order valence-electron chi connectivity index (χ1n) is 23.3. The molecule has 334 valence electrons. The highest BCUT2D eigenvalue weighted by atomic mass is 16.5. The van der Waals surface area contributed by atoms with E-state index in [1.807, 2.05) is 32.9 Å². The zero-order valence-electron chi connectivity index (χ0n) is 39.3. The van der Waals surface area contributed by atoms with Crippen LogP contribution in [0.15, 0.2) is 41.6 Å². The molecule has 0 spiro atoms. The highest BCUT2D eigenvalue weighted by Crippen LogP contribution is 2.70. The van der Waals surface area contributed by atoms with E-state index >= 15 is 0 Å². The molecular formula is C51H79N3O6. The van der Waals surface area contributed by atoms with Crippen molar-refractivity contribution in [1.29, 1.82) is 0 Å². The molecule has 5 saturated carbocycles. The number of aldehydes is 2. The first-order valence-corrected chi connectivity index (χ1v) is 23.3. The molecule has 0 bridgehead atoms. The lowest BCUT2D eigenvalue weighted by Gasteiger charge is -2.66. The molecule has 9 heteroatoms. The number of hydrogen-bond acceptors (Lipinski definition) is 8. The summed E-state index contributed by atoms with van der Waals surface area (Å²) in [6.45, 7) is 19.9. The summed E-state index contributed by atoms with van der Waals surface area (Å²) in [5, 5.41) is 7.00. The summed E-state index contributed by atoms with van der Waals surface area (Å²) in [4.78, 5) is 45.1. The van der Waals surface area contributed by atoms with Crippen LogP contribution in [0, 0.1) is 58.2 Å². The maximum Gasteiger partial charge on any atom is 0.309 e. The van der Waals surface area contributed by atoms with Crippen LogP contribution in [0.3, 0.4) is 0 Å². The topological polar surface area (TPSA) is 111 Å². The van der Waals surface area contributed by atoms with E-state index in [9.17, 15) is 14.4 Å². The molecule has 0 radical (unpaired) electrons. The largest absolute Gasteiger partial charge is 0.497 e. The number of methoxy groups -OCH3 is 1. The monoisotopic (exact) mass is 830 g/mol. The number of aliphatic hydroxyl groups is 1. The average molecular weight is 830 g/mol. The fourth-order valence-electron chi connectivity index (χ4n) is 13.2. The van der Waals surface area contributed by atoms with Crippen molar-refractivity contribution in [2.45, 2.75) is 144 Å². The second-order valence-electron chi connectivity index (χ2n) is 19.8. The minimum atomic E-state index is -0.454. The van der Waals surface area contributed by atoms with Crippen LogP contribution in [0.1, 0.15) is 132 Å². The van der Waals surface area contributed by atoms with Gasteiger partial charge in [-0.1, -0.05) is 59.6 Å². The molecule has 11 unspecified atom stereocenters. The SMILES string of the molecule is CC.CO.COc1ccc(-c2cnc(C3(CC=O)CCC4C(CCC5C6(C)CCC(OC(=O)C7CC(C=O)C7C)CC6CCC45C)/C3=C(/C)C(C)C)n2CCN(C)C)cc1. The molecule has 9 nitrogen and oxygen atoms in total. The third-order valence-corrected chi connectivity index (χ3v) is 16.7. The van der Waals surface area contributed by atoms with Gasteiger partial charge in [0.1, 0.15) is 30.3 Å². The molecule has 2 aromatic rings. The van der Waals surface area contributed by atoms with E-state index in [0.29, 0.717) is 42.4 Å². The van der Waals surface area contributed by atoms with Crippen LogP contribution in [-0.2, 0) is 31.1 Å². The number of fused-ring (bicyclic) bond motifs is 5. The molecule has 5 aliphatic carbocycles. The van der Waals surface area contributed by atoms with Crippen molar-refractivity contribution in [3.8, 4) is 17.0 Å². The lowest BCUT2D eigenvalue weighted by atomic mass is 9.38. The quantitative estimate of drug-likeness (QED) is 0.128. The standard InChI is InChI=1S/C48H69N3O5.C2H6.CH4O/c1-30(2)31(3)43-38-14-15-42-46(5)20-17-37(56-44(54)39-26-34(29-53)32(39)4)27-35(46)16-19-47(42,6)40(38)18-21-48(43,22-25-52)45-49-28-41(51(45)24-23-50(7)8)33-10-12-36(55-9)13-11-33;2*1-2/h10-13,25,28-30,32,34-35,37-40,42H,14-24,26-27H2,1-9H3;1-2H3;2H,1H3/b43-31+;;. The van der Waals surface area contributed by atoms with E-state index in [0.717, 1.165) is 87.8 Å². The smallest absolute Gasteiger partial charge is 0.309 e. The Bertz CT molecular complexity index is 1800. The lowest BCUT2D eigenvalue weighted by molar-refractivity contribution is -0.182. The van der Waals surface area contributed by atoms with Gasteiger partial charge in [0.25, 0.3) is 0 Å². The predicted molar refractivity (Wildman–Crippen MR) is 241 cm³/mol. The molecule has 5 aliphatic rings. The van der Waals surface area contributed by atoms with Crippen LogP contribution in [-0.4, -0.2) is 79.1 Å². The van der Waals surface area contributed by atoms with Gasteiger partial charge in [-0.2, -0.15) is 0 Å². The van der Waals surface area contributed by atoms with Crippen LogP contribution >= 0.6 is 0 Å². The Morgan fingerprint density at radius 3 is 2.27 bits per heavy atom. The number of rotatable bonds is 12. The molecule has 7 rings (SSSR count). The van der Waals surface area contributed by atoms with Gasteiger partial charge in [-0.05, 0) is 156 Å². The minimum Gasteiger partial charge on any atom is -0.497 e. The second kappa shape index (κ2) is 19.8. The molecule has 1 heterocycles. The molecule has 1 N–H and O–H groups in total. The van der Waals surface area contributed by atoms with Crippen LogP contribution in [0.25, 0.3) is 11.3 Å². The first-order chi connectivity index (χ1) is 28.7. The summed E-state index contributed by atoms with van der Waals surface area (Å²) in [6.07, 6.45) is 15.1. The summed E-state index contributed by atoms with van der Waals surface area (Å²) in [5.41, 5.74) is 5.12. The fourth-order valence-corrected chi connectivity index (χ4v) is 13.2. The number of benzene rings is 1. The van der Waals surface area contributed by atoms with Gasteiger partial charge < -0.3 is 33.6 Å². The number of carbonyl (C=O) groups excluding carboxylic acids is 3. The van der Waals surface area contributed by atoms with E-state index in [4.69, 9.17) is 19.6 Å². The zero-order valence-corrected chi connectivity index (χ0v) is 39.3. The number of imidazole rings is 1. The summed E-state index contributed by atoms with van der Waals surface area (Å²) in [6, 6.07) is 8.29. The van der Waals surface area contributed by atoms with Gasteiger partial charge >= 0.3 is 5.97 Å². The Hall–Kier alpha value is -3.30. The van der Waals surface area contributed by atoms with Crippen molar-refractivity contribution in [2.75, 3.05) is 34.9 Å². The lowest BCUT2D eigenvalue weighted by Crippen LogP contribution is -2.60. The molecule has 5 fully saturated rings. The number of likely N-dealkylation sites (N-methyl/N-ethyl adjacent to an activating group) is 1. The summed E-state index contributed by atoms with van der Waals surface area (Å²) >= 11 is 0. The molecular weight excluding hydrogens is 751 g/mol. The van der Waals surface area contributed by atoms with Gasteiger partial charge in [0.05, 0.1) is 30.3 Å². The maximum atomic E-state index is 13.2. The normalized spacial score (nSPS) is 35.2. The van der Waals surface area contributed by atoms with Crippen LogP contribution < -0.4 is 4.74 Å². The van der Waals surface area contributed by atoms with Gasteiger partial charge in [-0.25, -0.2) is 4.98 Å². The van der Waals surface area contributed by atoms with Gasteiger partial charge in [0.2, 0.25) is 0 Å². The average Bonchev–Trinajstić information content (AvgIpc) is 3.68. The van der Waals surface area contributed by atoms with Crippen LogP contribution in [0.2, 0.25) is 0 Å². The van der Waals surface area contributed by atoms with Gasteiger partial charge in [0.15, 0.2) is 0 Å². The number of nitrogens with zero attached hydrogens (tertiary/aromatic N) is 3. The Balaban J connectivity index is 0.00000166. The highest BCUT2D eigenvalue weighted by Gasteiger charge is 2.63. The first kappa shape index (κ1) is 47.7. The Labute approximate surface area is 362 Å². The Morgan fingerprint density at radius 2 is 1.67 bits per heavy atom. The predicted octanol–water partition coefficient (Wildman–Crippen LogP) is 9.98. The molecule has 1 aromatic heterocycles. The van der Waals surface area contributed by atoms with E-state index in [2.05, 4.69) is 76.5 Å². The third kappa shape index (κ3) is 8.57. The molecule has 0 aliphatic heterocycles. The van der Waals surface area contributed by atoms with E-state index in [1.54, 1.807) is 7.11 Å². The fraction of sp³-hybridized carbons (Fsp3) is 0.725. The van der Waals surface area contributed by atoms with Gasteiger partial charge in [-0.15, -0.1) is 0 Å². The van der Waals surface area contributed by atoms with Crippen molar-refractivity contribution in [3.05, 3.63) is 47.4 Å². The molecule has 60 heavy (non-hydrogen) atoms. The number of aromatic nitrogens is 2. The van der Waals surface area contributed by atoms with Crippen molar-refractivity contribution in [1.82, 2.24) is 14.5 Å². The minimum absolute atomic E-state index is 0.00178. The molecule has 0 amide bonds. The molecule has 1 aromatic carbocycles. The van der Waals surface area contributed by atoms with Crippen LogP contribution in [0.5, 0.6) is 5.75 Å². The number of carbonyl (C=O) groups is 3. The number of ether oxygens (including phenoxy) is 2. The van der Waals surface area contributed by atoms with Crippen molar-refractivity contribution in [3.63, 3.8) is 0 Å². The van der Waals surface area contributed by atoms with E-state index < -0.39 is 5.41 Å².